The molecule has 0 amide bonds. The minimum atomic E-state index is 0. The molecule has 0 aliphatic carbocycles. The molecule has 0 aromatic heterocycles. The molecule has 7 heteroatoms. The van der Waals surface area contributed by atoms with Gasteiger partial charge in [0.2, 0.25) is 0 Å². The number of rotatable bonds is 7. The summed E-state index contributed by atoms with van der Waals surface area (Å²) in [7, 11) is 3.57. The average Bonchev–Trinajstić information content (AvgIpc) is 2.67. The van der Waals surface area contributed by atoms with Gasteiger partial charge in [-0.25, -0.2) is 0 Å². The molecule has 6 nitrogen and oxygen atoms in total. The predicted molar refractivity (Wildman–Crippen MR) is 131 cm³/mol. The van der Waals surface area contributed by atoms with Crippen molar-refractivity contribution in [2.24, 2.45) is 10.4 Å². The fraction of sp³-hybridized carbons (Fsp3) is 0.682. The molecule has 1 aliphatic rings. The Bertz CT molecular complexity index is 627. The molecule has 1 aromatic rings. The molecule has 2 unspecified atom stereocenters. The zero-order valence-electron chi connectivity index (χ0n) is 18.8. The Morgan fingerprint density at radius 3 is 2.41 bits per heavy atom. The Balaban J connectivity index is 0.00000420. The number of benzene rings is 1. The monoisotopic (exact) mass is 518 g/mol. The molecule has 0 radical (unpaired) electrons. The smallest absolute Gasteiger partial charge is 0.191 e. The summed E-state index contributed by atoms with van der Waals surface area (Å²) in [6.07, 6.45) is 0.109. The second-order valence-electron chi connectivity index (χ2n) is 8.50. The summed E-state index contributed by atoms with van der Waals surface area (Å²) >= 11 is 0. The van der Waals surface area contributed by atoms with E-state index < -0.39 is 0 Å². The molecule has 2 atom stereocenters. The number of ether oxygens (including phenoxy) is 2. The van der Waals surface area contributed by atoms with Crippen LogP contribution in [0.1, 0.15) is 37.9 Å². The van der Waals surface area contributed by atoms with Crippen molar-refractivity contribution < 1.29 is 9.47 Å². The van der Waals surface area contributed by atoms with Crippen LogP contribution in [0.3, 0.4) is 0 Å². The second-order valence-corrected chi connectivity index (χ2v) is 8.50. The largest absolute Gasteiger partial charge is 0.379 e. The van der Waals surface area contributed by atoms with Gasteiger partial charge in [-0.05, 0) is 17.9 Å². The molecule has 0 bridgehead atoms. The van der Waals surface area contributed by atoms with Crippen molar-refractivity contribution in [3.63, 3.8) is 0 Å². The van der Waals surface area contributed by atoms with Crippen LogP contribution in [0.5, 0.6) is 0 Å². The molecule has 166 valence electrons. The predicted octanol–water partition coefficient (Wildman–Crippen LogP) is 3.21. The molecule has 0 saturated carbocycles. The first kappa shape index (κ1) is 26.1. The van der Waals surface area contributed by atoms with E-state index >= 15 is 0 Å². The van der Waals surface area contributed by atoms with Crippen molar-refractivity contribution in [2.75, 3.05) is 53.6 Å². The molecule has 1 aromatic carbocycles. The van der Waals surface area contributed by atoms with Gasteiger partial charge in [-0.3, -0.25) is 9.89 Å². The van der Waals surface area contributed by atoms with E-state index in [4.69, 9.17) is 9.47 Å². The highest BCUT2D eigenvalue weighted by atomic mass is 127. The van der Waals surface area contributed by atoms with Crippen LogP contribution in [0.15, 0.2) is 29.3 Å². The maximum absolute atomic E-state index is 5.65. The first-order valence-electron chi connectivity index (χ1n) is 10.2. The zero-order valence-corrected chi connectivity index (χ0v) is 21.2. The first-order valence-corrected chi connectivity index (χ1v) is 10.2. The van der Waals surface area contributed by atoms with Crippen LogP contribution in [-0.2, 0) is 9.47 Å². The first-order chi connectivity index (χ1) is 13.3. The van der Waals surface area contributed by atoms with Crippen molar-refractivity contribution in [3.05, 3.63) is 35.4 Å². The van der Waals surface area contributed by atoms with Gasteiger partial charge in [0, 0.05) is 40.3 Å². The highest BCUT2D eigenvalue weighted by molar-refractivity contribution is 14.0. The number of morpholine rings is 1. The van der Waals surface area contributed by atoms with Gasteiger partial charge in [-0.15, -0.1) is 24.0 Å². The molecule has 1 saturated heterocycles. The molecule has 29 heavy (non-hydrogen) atoms. The van der Waals surface area contributed by atoms with E-state index in [1.807, 2.05) is 7.05 Å². The van der Waals surface area contributed by atoms with E-state index in [1.54, 1.807) is 7.11 Å². The highest BCUT2D eigenvalue weighted by Gasteiger charge is 2.25. The molecule has 1 aliphatic heterocycles. The Labute approximate surface area is 193 Å². The minimum Gasteiger partial charge on any atom is -0.379 e. The zero-order chi connectivity index (χ0) is 20.6. The normalized spacial score (nSPS) is 17.9. The van der Waals surface area contributed by atoms with E-state index in [-0.39, 0.29) is 41.5 Å². The van der Waals surface area contributed by atoms with Crippen molar-refractivity contribution in [1.82, 2.24) is 15.5 Å². The third kappa shape index (κ3) is 8.39. The van der Waals surface area contributed by atoms with Gasteiger partial charge in [0.25, 0.3) is 0 Å². The van der Waals surface area contributed by atoms with Crippen molar-refractivity contribution in [2.45, 2.75) is 39.8 Å². The lowest BCUT2D eigenvalue weighted by Gasteiger charge is -2.35. The Morgan fingerprint density at radius 2 is 1.86 bits per heavy atom. The summed E-state index contributed by atoms with van der Waals surface area (Å²) in [6, 6.07) is 9.05. The summed E-state index contributed by atoms with van der Waals surface area (Å²) in [6.45, 7) is 13.7. The van der Waals surface area contributed by atoms with Gasteiger partial charge in [0.1, 0.15) is 0 Å². The molecule has 2 N–H and O–H groups in total. The number of nitrogens with zero attached hydrogens (tertiary/aromatic N) is 2. The fourth-order valence-electron chi connectivity index (χ4n) is 3.57. The molecule has 2 rings (SSSR count). The van der Waals surface area contributed by atoms with Crippen molar-refractivity contribution >= 4 is 29.9 Å². The summed E-state index contributed by atoms with van der Waals surface area (Å²) in [4.78, 5) is 6.89. The molecule has 1 heterocycles. The van der Waals surface area contributed by atoms with E-state index in [0.717, 1.165) is 38.8 Å². The molecule has 1 fully saturated rings. The number of methoxy groups -OCH3 is 1. The van der Waals surface area contributed by atoms with Gasteiger partial charge in [0.05, 0.1) is 25.4 Å². The molecule has 0 spiro atoms. The fourth-order valence-corrected chi connectivity index (χ4v) is 3.57. The number of hydrogen-bond acceptors (Lipinski definition) is 4. The minimum absolute atomic E-state index is 0. The standard InChI is InChI=1S/C22H38N4O2.HI/c1-17-8-7-9-18(14-17)19(26-10-12-28-13-11-26)15-24-21(23-5)25-16-20(27-6)22(2,3)4;/h7-9,14,19-20H,10-13,15-16H2,1-6H3,(H2,23,24,25);1H. The van der Waals surface area contributed by atoms with Crippen LogP contribution in [0.4, 0.5) is 0 Å². The van der Waals surface area contributed by atoms with E-state index in [2.05, 4.69) is 72.5 Å². The van der Waals surface area contributed by atoms with E-state index in [0.29, 0.717) is 6.54 Å². The number of halogens is 1. The number of nitrogens with one attached hydrogen (secondary N) is 2. The van der Waals surface area contributed by atoms with Crippen LogP contribution in [0.25, 0.3) is 0 Å². The van der Waals surface area contributed by atoms with Gasteiger partial charge in [0.15, 0.2) is 5.96 Å². The Hall–Kier alpha value is -0.900. The lowest BCUT2D eigenvalue weighted by molar-refractivity contribution is 0.0165. The average molecular weight is 518 g/mol. The number of guanidine groups is 1. The highest BCUT2D eigenvalue weighted by Crippen LogP contribution is 2.23. The molecular formula is C22H39IN4O2. The van der Waals surface area contributed by atoms with Gasteiger partial charge >= 0.3 is 0 Å². The quantitative estimate of drug-likeness (QED) is 0.330. The molecular weight excluding hydrogens is 479 g/mol. The van der Waals surface area contributed by atoms with Gasteiger partial charge in [-0.2, -0.15) is 0 Å². The van der Waals surface area contributed by atoms with Gasteiger partial charge in [-0.1, -0.05) is 50.6 Å². The maximum atomic E-state index is 5.65. The number of aliphatic imine (C=N–C) groups is 1. The SMILES string of the molecule is CN=C(NCC(c1cccc(C)c1)N1CCOCC1)NCC(OC)C(C)(C)C.I. The second kappa shape index (κ2) is 12.7. The van der Waals surface area contributed by atoms with Crippen LogP contribution in [0.2, 0.25) is 0 Å². The Kier molecular flexibility index (Phi) is 11.5. The van der Waals surface area contributed by atoms with E-state index in [1.165, 1.54) is 11.1 Å². The van der Waals surface area contributed by atoms with Crippen LogP contribution >= 0.6 is 24.0 Å². The lowest BCUT2D eigenvalue weighted by atomic mass is 9.89. The maximum Gasteiger partial charge on any atom is 0.191 e. The summed E-state index contributed by atoms with van der Waals surface area (Å²) < 4.78 is 11.2. The van der Waals surface area contributed by atoms with Crippen LogP contribution in [-0.4, -0.2) is 70.5 Å². The Morgan fingerprint density at radius 1 is 1.21 bits per heavy atom. The summed E-state index contributed by atoms with van der Waals surface area (Å²) in [5.74, 6) is 0.803. The lowest BCUT2D eigenvalue weighted by Crippen LogP contribution is -2.48. The summed E-state index contributed by atoms with van der Waals surface area (Å²) in [5, 5.41) is 6.94. The van der Waals surface area contributed by atoms with Gasteiger partial charge < -0.3 is 20.1 Å². The van der Waals surface area contributed by atoms with Crippen LogP contribution in [0, 0.1) is 12.3 Å². The topological polar surface area (TPSA) is 58.1 Å². The van der Waals surface area contributed by atoms with Crippen LogP contribution < -0.4 is 10.6 Å². The number of hydrogen-bond donors (Lipinski definition) is 2. The third-order valence-electron chi connectivity index (χ3n) is 5.31. The van der Waals surface area contributed by atoms with E-state index in [9.17, 15) is 0 Å². The summed E-state index contributed by atoms with van der Waals surface area (Å²) in [5.41, 5.74) is 2.68. The van der Waals surface area contributed by atoms with Crippen molar-refractivity contribution in [3.8, 4) is 0 Å². The third-order valence-corrected chi connectivity index (χ3v) is 5.31. The van der Waals surface area contributed by atoms with Crippen molar-refractivity contribution in [1.29, 1.82) is 0 Å². The number of aryl methyl sites for hydroxylation is 1.